The number of fused-ring (bicyclic) bond motifs is 2. The molecule has 1 saturated heterocycles. The van der Waals surface area contributed by atoms with Gasteiger partial charge in [0, 0.05) is 46.2 Å². The molecule has 2 aromatic carbocycles. The average Bonchev–Trinajstić information content (AvgIpc) is 3.20. The molecule has 1 amide bonds. The fraction of sp³-hybridized carbons (Fsp3) is 0.250. The number of carbonyl (C=O) groups is 2. The lowest BCUT2D eigenvalue weighted by Gasteiger charge is -2.39. The smallest absolute Gasteiger partial charge is 0.227 e. The summed E-state index contributed by atoms with van der Waals surface area (Å²) >= 11 is 7.66. The van der Waals surface area contributed by atoms with Gasteiger partial charge in [-0.1, -0.05) is 23.7 Å². The molecule has 1 atom stereocenters. The minimum absolute atomic E-state index is 0.0389. The molecule has 1 fully saturated rings. The molecule has 168 valence electrons. The zero-order valence-electron chi connectivity index (χ0n) is 17.8. The summed E-state index contributed by atoms with van der Waals surface area (Å²) in [6, 6.07) is 13.3. The van der Waals surface area contributed by atoms with Gasteiger partial charge in [0.15, 0.2) is 0 Å². The first-order chi connectivity index (χ1) is 16.0. The molecular weight excluding hydrogens is 458 g/mol. The van der Waals surface area contributed by atoms with Crippen LogP contribution in [0.5, 0.6) is 0 Å². The number of nitrogen functional groups attached to an aromatic ring is 1. The normalized spacial score (nSPS) is 17.0. The van der Waals surface area contributed by atoms with Gasteiger partial charge in [-0.05, 0) is 41.3 Å². The third-order valence-electron chi connectivity index (χ3n) is 6.02. The van der Waals surface area contributed by atoms with Crippen molar-refractivity contribution in [2.45, 2.75) is 19.0 Å². The quantitative estimate of drug-likeness (QED) is 0.440. The molecule has 0 saturated carbocycles. The van der Waals surface area contributed by atoms with Crippen molar-refractivity contribution in [1.29, 1.82) is 0 Å². The fourth-order valence-corrected chi connectivity index (χ4v) is 5.60. The molecule has 5 rings (SSSR count). The summed E-state index contributed by atoms with van der Waals surface area (Å²) in [7, 11) is 0. The van der Waals surface area contributed by atoms with Gasteiger partial charge in [0.05, 0.1) is 18.0 Å². The SMILES string of the molecule is Nc1ncnc2cc(CN3CCN(C(=O)Cc4cc5ccc(Cl)cc5s4)CC3C=O)ccc12. The van der Waals surface area contributed by atoms with Gasteiger partial charge in [0.2, 0.25) is 5.91 Å². The summed E-state index contributed by atoms with van der Waals surface area (Å²) in [5.74, 6) is 0.489. The second kappa shape index (κ2) is 9.05. The zero-order valence-corrected chi connectivity index (χ0v) is 19.4. The molecule has 2 aromatic heterocycles. The van der Waals surface area contributed by atoms with E-state index in [1.807, 2.05) is 42.5 Å². The number of benzene rings is 2. The van der Waals surface area contributed by atoms with E-state index < -0.39 is 0 Å². The van der Waals surface area contributed by atoms with Crippen molar-refractivity contribution in [3.8, 4) is 0 Å². The third kappa shape index (κ3) is 4.55. The van der Waals surface area contributed by atoms with Crippen LogP contribution in [-0.2, 0) is 22.6 Å². The van der Waals surface area contributed by atoms with Gasteiger partial charge in [0.1, 0.15) is 18.4 Å². The van der Waals surface area contributed by atoms with E-state index in [1.165, 1.54) is 6.33 Å². The summed E-state index contributed by atoms with van der Waals surface area (Å²) in [4.78, 5) is 38.0. The minimum atomic E-state index is -0.352. The van der Waals surface area contributed by atoms with Crippen molar-refractivity contribution in [1.82, 2.24) is 19.8 Å². The van der Waals surface area contributed by atoms with E-state index in [4.69, 9.17) is 17.3 Å². The van der Waals surface area contributed by atoms with Crippen molar-refractivity contribution < 1.29 is 9.59 Å². The van der Waals surface area contributed by atoms with Gasteiger partial charge in [-0.3, -0.25) is 9.69 Å². The van der Waals surface area contributed by atoms with Crippen molar-refractivity contribution in [3.05, 3.63) is 64.3 Å². The zero-order chi connectivity index (χ0) is 22.9. The Kier molecular flexibility index (Phi) is 5.97. The van der Waals surface area contributed by atoms with Gasteiger partial charge in [-0.15, -0.1) is 11.3 Å². The van der Waals surface area contributed by atoms with Crippen LogP contribution in [0.25, 0.3) is 21.0 Å². The lowest BCUT2D eigenvalue weighted by atomic mass is 10.1. The van der Waals surface area contributed by atoms with Crippen molar-refractivity contribution >= 4 is 61.9 Å². The summed E-state index contributed by atoms with van der Waals surface area (Å²) in [6.07, 6.45) is 2.71. The summed E-state index contributed by atoms with van der Waals surface area (Å²) in [5.41, 5.74) is 7.73. The summed E-state index contributed by atoms with van der Waals surface area (Å²) in [5, 5.41) is 2.59. The number of carbonyl (C=O) groups excluding carboxylic acids is 2. The number of hydrogen-bond acceptors (Lipinski definition) is 7. The number of nitrogens with zero attached hydrogens (tertiary/aromatic N) is 4. The lowest BCUT2D eigenvalue weighted by Crippen LogP contribution is -2.55. The van der Waals surface area contributed by atoms with E-state index in [-0.39, 0.29) is 11.9 Å². The molecule has 0 aliphatic carbocycles. The highest BCUT2D eigenvalue weighted by Gasteiger charge is 2.29. The topological polar surface area (TPSA) is 92.4 Å². The highest BCUT2D eigenvalue weighted by atomic mass is 35.5. The molecule has 1 aliphatic heterocycles. The molecule has 0 radical (unpaired) electrons. The van der Waals surface area contributed by atoms with Gasteiger partial charge in [-0.2, -0.15) is 0 Å². The predicted molar refractivity (Wildman–Crippen MR) is 131 cm³/mol. The molecule has 0 bridgehead atoms. The largest absolute Gasteiger partial charge is 0.383 e. The maximum Gasteiger partial charge on any atom is 0.227 e. The van der Waals surface area contributed by atoms with E-state index in [0.717, 1.165) is 37.7 Å². The van der Waals surface area contributed by atoms with E-state index in [0.29, 0.717) is 43.4 Å². The Hall–Kier alpha value is -3.07. The number of amides is 1. The van der Waals surface area contributed by atoms with Crippen molar-refractivity contribution in [2.24, 2.45) is 0 Å². The molecule has 33 heavy (non-hydrogen) atoms. The van der Waals surface area contributed by atoms with Gasteiger partial charge in [-0.25, -0.2) is 9.97 Å². The molecule has 1 unspecified atom stereocenters. The van der Waals surface area contributed by atoms with E-state index >= 15 is 0 Å². The number of aromatic nitrogens is 2. The Morgan fingerprint density at radius 3 is 2.91 bits per heavy atom. The van der Waals surface area contributed by atoms with Crippen LogP contribution in [0.2, 0.25) is 5.02 Å². The van der Waals surface area contributed by atoms with Gasteiger partial charge in [0.25, 0.3) is 0 Å². The van der Waals surface area contributed by atoms with E-state index in [1.54, 1.807) is 16.2 Å². The molecular formula is C24H22ClN5O2S. The van der Waals surface area contributed by atoms with E-state index in [2.05, 4.69) is 14.9 Å². The molecule has 9 heteroatoms. The fourth-order valence-electron chi connectivity index (χ4n) is 4.26. The van der Waals surface area contributed by atoms with Crippen molar-refractivity contribution in [2.75, 3.05) is 25.4 Å². The highest BCUT2D eigenvalue weighted by molar-refractivity contribution is 7.19. The molecule has 7 nitrogen and oxygen atoms in total. The summed E-state index contributed by atoms with van der Waals surface area (Å²) < 4.78 is 1.07. The van der Waals surface area contributed by atoms with Crippen LogP contribution in [0.4, 0.5) is 5.82 Å². The second-order valence-corrected chi connectivity index (χ2v) is 9.80. The number of nitrogens with two attached hydrogens (primary N) is 1. The lowest BCUT2D eigenvalue weighted by molar-refractivity contribution is -0.134. The Labute approximate surface area is 199 Å². The van der Waals surface area contributed by atoms with Crippen LogP contribution in [0.15, 0.2) is 48.8 Å². The number of aldehydes is 1. The summed E-state index contributed by atoms with van der Waals surface area (Å²) in [6.45, 7) is 2.20. The Balaban J connectivity index is 1.25. The Bertz CT molecular complexity index is 1360. The predicted octanol–water partition coefficient (Wildman–Crippen LogP) is 3.53. The van der Waals surface area contributed by atoms with Crippen LogP contribution in [-0.4, -0.2) is 57.6 Å². The van der Waals surface area contributed by atoms with Gasteiger partial charge < -0.3 is 15.4 Å². The molecule has 3 heterocycles. The first-order valence-corrected chi connectivity index (χ1v) is 11.8. The van der Waals surface area contributed by atoms with Crippen LogP contribution >= 0.6 is 22.9 Å². The maximum absolute atomic E-state index is 13.0. The average molecular weight is 480 g/mol. The number of piperazine rings is 1. The van der Waals surface area contributed by atoms with Crippen molar-refractivity contribution in [3.63, 3.8) is 0 Å². The monoisotopic (exact) mass is 479 g/mol. The second-order valence-electron chi connectivity index (χ2n) is 8.20. The third-order valence-corrected chi connectivity index (χ3v) is 7.35. The van der Waals surface area contributed by atoms with Crippen LogP contribution in [0.1, 0.15) is 10.4 Å². The van der Waals surface area contributed by atoms with Gasteiger partial charge >= 0.3 is 0 Å². The molecule has 4 aromatic rings. The van der Waals surface area contributed by atoms with E-state index in [9.17, 15) is 9.59 Å². The number of anilines is 1. The first-order valence-electron chi connectivity index (χ1n) is 10.6. The molecule has 1 aliphatic rings. The number of rotatable bonds is 5. The molecule has 2 N–H and O–H groups in total. The van der Waals surface area contributed by atoms with Crippen LogP contribution < -0.4 is 5.73 Å². The highest BCUT2D eigenvalue weighted by Crippen LogP contribution is 2.29. The Morgan fingerprint density at radius 2 is 2.06 bits per heavy atom. The van der Waals surface area contributed by atoms with Crippen LogP contribution in [0.3, 0.4) is 0 Å². The molecule has 0 spiro atoms. The maximum atomic E-state index is 13.0. The Morgan fingerprint density at radius 1 is 1.18 bits per heavy atom. The van der Waals surface area contributed by atoms with Crippen LogP contribution in [0, 0.1) is 0 Å². The minimum Gasteiger partial charge on any atom is -0.383 e. The number of halogens is 1. The number of hydrogen-bond donors (Lipinski definition) is 1. The standard InChI is InChI=1S/C24H22ClN5O2S/c25-17-3-2-16-8-19(33-22(16)9-17)10-23(32)30-6-5-29(18(12-30)13-31)11-15-1-4-20-21(7-15)27-14-28-24(20)26/h1-4,7-9,13-14,18H,5-6,10-12H2,(H2,26,27,28). The first kappa shape index (κ1) is 21.8. The number of thiophene rings is 1.